The summed E-state index contributed by atoms with van der Waals surface area (Å²) in [7, 11) is 0. The lowest BCUT2D eigenvalue weighted by molar-refractivity contribution is 0.612. The van der Waals surface area contributed by atoms with E-state index in [-0.39, 0.29) is 17.9 Å². The van der Waals surface area contributed by atoms with Crippen molar-refractivity contribution in [2.75, 3.05) is 0 Å². The first-order valence-corrected chi connectivity index (χ1v) is 7.74. The van der Waals surface area contributed by atoms with Crippen LogP contribution in [0.2, 0.25) is 0 Å². The molecule has 0 amide bonds. The fourth-order valence-corrected chi connectivity index (χ4v) is 3.13. The predicted molar refractivity (Wildman–Crippen MR) is 83.8 cm³/mol. The van der Waals surface area contributed by atoms with Crippen LogP contribution in [-0.4, -0.2) is 14.5 Å². The summed E-state index contributed by atoms with van der Waals surface area (Å²) < 4.78 is 15.5. The largest absolute Gasteiger partial charge is 0.322 e. The second-order valence-corrected chi connectivity index (χ2v) is 6.28. The van der Waals surface area contributed by atoms with Crippen LogP contribution in [0.3, 0.4) is 0 Å². The van der Waals surface area contributed by atoms with Crippen LogP contribution in [0.4, 0.5) is 4.39 Å². The Morgan fingerprint density at radius 1 is 1.24 bits per heavy atom. The number of hydrogen-bond acceptors (Lipinski definition) is 4. The minimum absolute atomic E-state index is 0.0990. The summed E-state index contributed by atoms with van der Waals surface area (Å²) in [5, 5.41) is 2.83. The molecule has 0 saturated carbocycles. The van der Waals surface area contributed by atoms with E-state index in [1.807, 2.05) is 30.7 Å². The van der Waals surface area contributed by atoms with Crippen molar-refractivity contribution in [3.05, 3.63) is 34.4 Å². The molecule has 0 aliphatic rings. The number of nitrogens with zero attached hydrogens (tertiary/aromatic N) is 3. The van der Waals surface area contributed by atoms with Gasteiger partial charge in [0.1, 0.15) is 16.5 Å². The molecule has 0 spiro atoms. The zero-order chi connectivity index (χ0) is 15.1. The van der Waals surface area contributed by atoms with Crippen molar-refractivity contribution in [2.24, 2.45) is 5.73 Å². The van der Waals surface area contributed by atoms with E-state index in [4.69, 9.17) is 5.73 Å². The first-order valence-electron chi connectivity index (χ1n) is 6.86. The van der Waals surface area contributed by atoms with Gasteiger partial charge in [-0.05, 0) is 39.0 Å². The van der Waals surface area contributed by atoms with Gasteiger partial charge in [0.05, 0.1) is 17.1 Å². The smallest absolute Gasteiger partial charge is 0.160 e. The quantitative estimate of drug-likeness (QED) is 0.798. The molecule has 110 valence electrons. The van der Waals surface area contributed by atoms with Crippen LogP contribution in [0, 0.1) is 5.82 Å². The van der Waals surface area contributed by atoms with Gasteiger partial charge in [0.25, 0.3) is 0 Å². The normalized spacial score (nSPS) is 13.2. The molecule has 2 heterocycles. The molecular formula is C15H17FN4S. The second-order valence-electron chi connectivity index (χ2n) is 5.39. The summed E-state index contributed by atoms with van der Waals surface area (Å²) in [4.78, 5) is 9.17. The molecule has 0 aliphatic heterocycles. The Morgan fingerprint density at radius 2 is 2.00 bits per heavy atom. The highest BCUT2D eigenvalue weighted by atomic mass is 32.1. The van der Waals surface area contributed by atoms with E-state index in [1.54, 1.807) is 6.07 Å². The molecule has 1 aromatic carbocycles. The number of benzene rings is 1. The third kappa shape index (κ3) is 2.45. The van der Waals surface area contributed by atoms with E-state index in [2.05, 4.69) is 9.97 Å². The highest BCUT2D eigenvalue weighted by molar-refractivity contribution is 7.10. The average molecular weight is 304 g/mol. The summed E-state index contributed by atoms with van der Waals surface area (Å²) in [6.45, 7) is 6.01. The van der Waals surface area contributed by atoms with E-state index >= 15 is 0 Å². The first kappa shape index (κ1) is 14.2. The average Bonchev–Trinajstić information content (AvgIpc) is 3.01. The third-order valence-electron chi connectivity index (χ3n) is 3.31. The van der Waals surface area contributed by atoms with Gasteiger partial charge in [-0.15, -0.1) is 11.3 Å². The van der Waals surface area contributed by atoms with Gasteiger partial charge < -0.3 is 10.3 Å². The lowest BCUT2D eigenvalue weighted by Gasteiger charge is -2.11. The number of halogens is 1. The van der Waals surface area contributed by atoms with Gasteiger partial charge in [-0.1, -0.05) is 0 Å². The summed E-state index contributed by atoms with van der Waals surface area (Å²) in [6, 6.07) is 4.71. The van der Waals surface area contributed by atoms with Gasteiger partial charge in [-0.25, -0.2) is 14.4 Å². The van der Waals surface area contributed by atoms with Gasteiger partial charge >= 0.3 is 0 Å². The molecule has 2 aromatic heterocycles. The van der Waals surface area contributed by atoms with Gasteiger partial charge in [0, 0.05) is 11.4 Å². The number of hydrogen-bond donors (Lipinski definition) is 1. The maximum absolute atomic E-state index is 13.5. The Kier molecular flexibility index (Phi) is 3.51. The molecule has 1 unspecified atom stereocenters. The first-order chi connectivity index (χ1) is 9.97. The number of thiazole rings is 1. The molecule has 0 aliphatic carbocycles. The van der Waals surface area contributed by atoms with Crippen molar-refractivity contribution in [3.8, 4) is 11.5 Å². The van der Waals surface area contributed by atoms with E-state index in [9.17, 15) is 4.39 Å². The number of nitrogens with two attached hydrogens (primary N) is 1. The van der Waals surface area contributed by atoms with E-state index in [0.717, 1.165) is 27.6 Å². The minimum Gasteiger partial charge on any atom is -0.322 e. The molecule has 0 radical (unpaired) electrons. The van der Waals surface area contributed by atoms with Crippen molar-refractivity contribution in [1.29, 1.82) is 0 Å². The monoisotopic (exact) mass is 304 g/mol. The molecule has 1 atom stereocenters. The molecular weight excluding hydrogens is 287 g/mol. The molecule has 4 nitrogen and oxygen atoms in total. The Hall–Kier alpha value is -1.79. The minimum atomic E-state index is -0.259. The van der Waals surface area contributed by atoms with Crippen molar-refractivity contribution in [1.82, 2.24) is 14.5 Å². The molecule has 21 heavy (non-hydrogen) atoms. The van der Waals surface area contributed by atoms with Crippen molar-refractivity contribution >= 4 is 22.4 Å². The number of rotatable bonds is 3. The van der Waals surface area contributed by atoms with Crippen molar-refractivity contribution in [3.63, 3.8) is 0 Å². The van der Waals surface area contributed by atoms with Crippen LogP contribution in [0.15, 0.2) is 23.6 Å². The van der Waals surface area contributed by atoms with Gasteiger partial charge in [0.15, 0.2) is 5.82 Å². The highest BCUT2D eigenvalue weighted by Crippen LogP contribution is 2.30. The van der Waals surface area contributed by atoms with E-state index in [0.29, 0.717) is 0 Å². The summed E-state index contributed by atoms with van der Waals surface area (Å²) in [6.07, 6.45) is 0. The summed E-state index contributed by atoms with van der Waals surface area (Å²) in [5.74, 6) is 0.499. The number of aromatic nitrogens is 3. The van der Waals surface area contributed by atoms with Gasteiger partial charge in [0.2, 0.25) is 0 Å². The van der Waals surface area contributed by atoms with E-state index < -0.39 is 0 Å². The fourth-order valence-electron chi connectivity index (χ4n) is 2.37. The Bertz CT molecular complexity index is 788. The van der Waals surface area contributed by atoms with E-state index in [1.165, 1.54) is 23.5 Å². The SMILES string of the molecule is CC(N)c1nc(-c2nc3ccc(F)cc3n2C(C)C)cs1. The van der Waals surface area contributed by atoms with Crippen LogP contribution in [0.25, 0.3) is 22.6 Å². The van der Waals surface area contributed by atoms with Crippen molar-refractivity contribution < 1.29 is 4.39 Å². The predicted octanol–water partition coefficient (Wildman–Crippen LogP) is 3.90. The fraction of sp³-hybridized carbons (Fsp3) is 0.333. The lowest BCUT2D eigenvalue weighted by Crippen LogP contribution is -2.05. The van der Waals surface area contributed by atoms with Gasteiger partial charge in [-0.3, -0.25) is 0 Å². The lowest BCUT2D eigenvalue weighted by atomic mass is 10.3. The Balaban J connectivity index is 2.23. The summed E-state index contributed by atoms with van der Waals surface area (Å²) in [5.41, 5.74) is 8.22. The molecule has 2 N–H and O–H groups in total. The molecule has 3 rings (SSSR count). The maximum atomic E-state index is 13.5. The van der Waals surface area contributed by atoms with Crippen LogP contribution in [0.5, 0.6) is 0 Å². The third-order valence-corrected chi connectivity index (χ3v) is 4.35. The number of imidazole rings is 1. The van der Waals surface area contributed by atoms with Crippen molar-refractivity contribution in [2.45, 2.75) is 32.9 Å². The maximum Gasteiger partial charge on any atom is 0.160 e. The van der Waals surface area contributed by atoms with Crippen LogP contribution in [-0.2, 0) is 0 Å². The number of fused-ring (bicyclic) bond motifs is 1. The zero-order valence-electron chi connectivity index (χ0n) is 12.2. The molecule has 0 saturated heterocycles. The van der Waals surface area contributed by atoms with Crippen LogP contribution in [0.1, 0.15) is 37.9 Å². The Labute approximate surface area is 126 Å². The van der Waals surface area contributed by atoms with Crippen LogP contribution < -0.4 is 5.73 Å². The highest BCUT2D eigenvalue weighted by Gasteiger charge is 2.18. The van der Waals surface area contributed by atoms with Gasteiger partial charge in [-0.2, -0.15) is 0 Å². The second kappa shape index (κ2) is 5.20. The topological polar surface area (TPSA) is 56.7 Å². The molecule has 0 fully saturated rings. The zero-order valence-corrected chi connectivity index (χ0v) is 13.0. The molecule has 6 heteroatoms. The Morgan fingerprint density at radius 3 is 2.62 bits per heavy atom. The van der Waals surface area contributed by atoms with Crippen LogP contribution >= 0.6 is 11.3 Å². The summed E-state index contributed by atoms with van der Waals surface area (Å²) >= 11 is 1.52. The molecule has 0 bridgehead atoms. The standard InChI is InChI=1S/C15H17FN4S/c1-8(2)20-13-6-10(16)4-5-11(13)18-14(20)12-7-21-15(19-12)9(3)17/h4-9H,17H2,1-3H3. The molecule has 3 aromatic rings.